The lowest BCUT2D eigenvalue weighted by Crippen LogP contribution is -2.35. The Balaban J connectivity index is 1.61. The van der Waals surface area contributed by atoms with E-state index in [2.05, 4.69) is 39.3 Å². The van der Waals surface area contributed by atoms with Gasteiger partial charge in [-0.3, -0.25) is 14.6 Å². The van der Waals surface area contributed by atoms with E-state index in [1.165, 1.54) is 0 Å². The molecule has 7 heteroatoms. The van der Waals surface area contributed by atoms with E-state index in [9.17, 15) is 9.59 Å². The van der Waals surface area contributed by atoms with Gasteiger partial charge >= 0.3 is 0 Å². The van der Waals surface area contributed by atoms with Crippen LogP contribution in [0.25, 0.3) is 22.9 Å². The first kappa shape index (κ1) is 24.4. The molecular formula is C28H33N5O2. The van der Waals surface area contributed by atoms with Crippen LogP contribution in [0.1, 0.15) is 52.3 Å². The summed E-state index contributed by atoms with van der Waals surface area (Å²) in [6, 6.07) is 9.86. The van der Waals surface area contributed by atoms with Gasteiger partial charge in [0, 0.05) is 47.5 Å². The highest BCUT2D eigenvalue weighted by Gasteiger charge is 2.26. The van der Waals surface area contributed by atoms with Crippen molar-refractivity contribution in [3.63, 3.8) is 0 Å². The predicted octanol–water partition coefficient (Wildman–Crippen LogP) is 4.57. The SMILES string of the molecule is CCN(CC)CCNC(=O)c1c(C)[nH]c(/C=C2\C(=O)Nc3ccc(-c4ccc(C)cn4)cc32)c1C. The number of aryl methyl sites for hydroxylation is 2. The molecule has 7 nitrogen and oxygen atoms in total. The molecular weight excluding hydrogens is 438 g/mol. The number of nitrogens with zero attached hydrogens (tertiary/aromatic N) is 2. The second-order valence-electron chi connectivity index (χ2n) is 8.94. The van der Waals surface area contributed by atoms with Crippen molar-refractivity contribution in [3.05, 3.63) is 70.2 Å². The van der Waals surface area contributed by atoms with Gasteiger partial charge in [0.25, 0.3) is 11.8 Å². The van der Waals surface area contributed by atoms with Gasteiger partial charge in [0.1, 0.15) is 0 Å². The molecule has 0 saturated carbocycles. The Morgan fingerprint density at radius 1 is 1.11 bits per heavy atom. The monoisotopic (exact) mass is 471 g/mol. The number of hydrogen-bond acceptors (Lipinski definition) is 4. The van der Waals surface area contributed by atoms with Crippen molar-refractivity contribution in [1.82, 2.24) is 20.2 Å². The molecule has 0 atom stereocenters. The van der Waals surface area contributed by atoms with Gasteiger partial charge < -0.3 is 20.5 Å². The van der Waals surface area contributed by atoms with Crippen molar-refractivity contribution >= 4 is 29.2 Å². The minimum Gasteiger partial charge on any atom is -0.358 e. The normalized spacial score (nSPS) is 13.9. The smallest absolute Gasteiger partial charge is 0.256 e. The largest absolute Gasteiger partial charge is 0.358 e. The van der Waals surface area contributed by atoms with Crippen LogP contribution in [0.4, 0.5) is 5.69 Å². The Kier molecular flexibility index (Phi) is 7.17. The summed E-state index contributed by atoms with van der Waals surface area (Å²) in [6.45, 7) is 13.3. The van der Waals surface area contributed by atoms with Crippen molar-refractivity contribution in [2.45, 2.75) is 34.6 Å². The average molecular weight is 472 g/mol. The maximum absolute atomic E-state index is 12.9. The number of fused-ring (bicyclic) bond motifs is 1. The van der Waals surface area contributed by atoms with E-state index in [4.69, 9.17) is 0 Å². The Morgan fingerprint density at radius 3 is 2.57 bits per heavy atom. The van der Waals surface area contributed by atoms with Gasteiger partial charge in [-0.15, -0.1) is 0 Å². The summed E-state index contributed by atoms with van der Waals surface area (Å²) in [5.74, 6) is -0.261. The lowest BCUT2D eigenvalue weighted by molar-refractivity contribution is -0.110. The van der Waals surface area contributed by atoms with E-state index in [1.54, 1.807) is 0 Å². The maximum atomic E-state index is 12.9. The first-order valence-corrected chi connectivity index (χ1v) is 12.1. The number of H-pyrrole nitrogens is 1. The Bertz CT molecular complexity index is 1280. The highest BCUT2D eigenvalue weighted by Crippen LogP contribution is 2.36. The van der Waals surface area contributed by atoms with Crippen LogP contribution in [-0.4, -0.2) is 52.9 Å². The maximum Gasteiger partial charge on any atom is 0.256 e. The fraction of sp³-hybridized carbons (Fsp3) is 0.321. The van der Waals surface area contributed by atoms with Gasteiger partial charge in [-0.2, -0.15) is 0 Å². The van der Waals surface area contributed by atoms with Gasteiger partial charge in [-0.05, 0) is 69.3 Å². The lowest BCUT2D eigenvalue weighted by atomic mass is 10.00. The number of pyridine rings is 1. The van der Waals surface area contributed by atoms with Crippen LogP contribution < -0.4 is 10.6 Å². The Hall–Kier alpha value is -3.71. The molecule has 0 saturated heterocycles. The minimum absolute atomic E-state index is 0.0999. The summed E-state index contributed by atoms with van der Waals surface area (Å²) in [5, 5.41) is 5.98. The third kappa shape index (κ3) is 5.05. The molecule has 0 bridgehead atoms. The molecule has 1 aromatic carbocycles. The zero-order valence-corrected chi connectivity index (χ0v) is 21.1. The molecule has 0 spiro atoms. The van der Waals surface area contributed by atoms with Gasteiger partial charge in [0.2, 0.25) is 0 Å². The molecule has 3 heterocycles. The molecule has 0 fully saturated rings. The molecule has 1 aliphatic heterocycles. The molecule has 4 rings (SSSR count). The number of aromatic nitrogens is 2. The first-order valence-electron chi connectivity index (χ1n) is 12.1. The van der Waals surface area contributed by atoms with Crippen LogP contribution in [0.2, 0.25) is 0 Å². The highest BCUT2D eigenvalue weighted by atomic mass is 16.2. The summed E-state index contributed by atoms with van der Waals surface area (Å²) in [7, 11) is 0. The molecule has 2 amide bonds. The fourth-order valence-corrected chi connectivity index (χ4v) is 4.49. The van der Waals surface area contributed by atoms with Crippen LogP contribution >= 0.6 is 0 Å². The third-order valence-corrected chi connectivity index (χ3v) is 6.61. The lowest BCUT2D eigenvalue weighted by Gasteiger charge is -2.18. The number of hydrogen-bond donors (Lipinski definition) is 3. The number of amides is 2. The zero-order valence-electron chi connectivity index (χ0n) is 21.1. The summed E-state index contributed by atoms with van der Waals surface area (Å²) in [6.07, 6.45) is 3.67. The number of likely N-dealkylation sites (N-methyl/N-ethyl adjacent to an activating group) is 1. The summed E-state index contributed by atoms with van der Waals surface area (Å²) in [5.41, 5.74) is 8.05. The van der Waals surface area contributed by atoms with Gasteiger partial charge in [0.15, 0.2) is 0 Å². The van der Waals surface area contributed by atoms with Crippen molar-refractivity contribution in [1.29, 1.82) is 0 Å². The summed E-state index contributed by atoms with van der Waals surface area (Å²) >= 11 is 0. The molecule has 35 heavy (non-hydrogen) atoms. The van der Waals surface area contributed by atoms with Crippen LogP contribution in [0.3, 0.4) is 0 Å². The zero-order chi connectivity index (χ0) is 25.1. The predicted molar refractivity (Wildman–Crippen MR) is 141 cm³/mol. The van der Waals surface area contributed by atoms with Crippen molar-refractivity contribution in [2.24, 2.45) is 0 Å². The van der Waals surface area contributed by atoms with Crippen molar-refractivity contribution in [2.75, 3.05) is 31.5 Å². The second-order valence-corrected chi connectivity index (χ2v) is 8.94. The second kappa shape index (κ2) is 10.3. The van der Waals surface area contributed by atoms with E-state index < -0.39 is 0 Å². The van der Waals surface area contributed by atoms with Crippen LogP contribution in [0.5, 0.6) is 0 Å². The van der Waals surface area contributed by atoms with Crippen molar-refractivity contribution in [3.8, 4) is 11.3 Å². The first-order chi connectivity index (χ1) is 16.8. The fourth-order valence-electron chi connectivity index (χ4n) is 4.49. The van der Waals surface area contributed by atoms with E-state index in [0.29, 0.717) is 17.7 Å². The van der Waals surface area contributed by atoms with Crippen molar-refractivity contribution < 1.29 is 9.59 Å². The van der Waals surface area contributed by atoms with Crippen LogP contribution in [0.15, 0.2) is 36.5 Å². The molecule has 2 aromatic heterocycles. The third-order valence-electron chi connectivity index (χ3n) is 6.61. The Labute approximate surface area is 206 Å². The number of carbonyl (C=O) groups excluding carboxylic acids is 2. The van der Waals surface area contributed by atoms with E-state index in [0.717, 1.165) is 64.7 Å². The van der Waals surface area contributed by atoms with Gasteiger partial charge in [-0.1, -0.05) is 26.0 Å². The number of carbonyl (C=O) groups is 2. The van der Waals surface area contributed by atoms with Crippen LogP contribution in [0, 0.1) is 20.8 Å². The summed E-state index contributed by atoms with van der Waals surface area (Å²) in [4.78, 5) is 35.9. The minimum atomic E-state index is -0.161. The van der Waals surface area contributed by atoms with E-state index >= 15 is 0 Å². The molecule has 182 valence electrons. The van der Waals surface area contributed by atoms with E-state index in [-0.39, 0.29) is 11.8 Å². The van der Waals surface area contributed by atoms with Gasteiger partial charge in [0.05, 0.1) is 16.8 Å². The molecule has 0 unspecified atom stereocenters. The van der Waals surface area contributed by atoms with E-state index in [1.807, 2.05) is 63.4 Å². The average Bonchev–Trinajstić information content (AvgIpc) is 3.31. The number of aromatic amines is 1. The van der Waals surface area contributed by atoms with Crippen LogP contribution in [-0.2, 0) is 4.79 Å². The number of anilines is 1. The molecule has 3 N–H and O–H groups in total. The van der Waals surface area contributed by atoms with Gasteiger partial charge in [-0.25, -0.2) is 0 Å². The number of rotatable bonds is 8. The molecule has 3 aromatic rings. The standard InChI is InChI=1S/C28H33N5O2/c1-6-33(7-2)13-12-29-28(35)26-18(4)25(31-19(26)5)15-22-21-14-20(9-11-24(21)32-27(22)34)23-10-8-17(3)16-30-23/h8-11,14-16,31H,6-7,12-13H2,1-5H3,(H,29,35)(H,32,34)/b22-15-. The molecule has 1 aliphatic rings. The summed E-state index contributed by atoms with van der Waals surface area (Å²) < 4.78 is 0. The highest BCUT2D eigenvalue weighted by molar-refractivity contribution is 6.35. The number of benzene rings is 1. The quantitative estimate of drug-likeness (QED) is 0.420. The Morgan fingerprint density at radius 2 is 1.89 bits per heavy atom. The molecule has 0 aliphatic carbocycles. The number of nitrogens with one attached hydrogen (secondary N) is 3. The molecule has 0 radical (unpaired) electrons. The topological polar surface area (TPSA) is 90.1 Å².